The summed E-state index contributed by atoms with van der Waals surface area (Å²) in [7, 11) is -1.38. The van der Waals surface area contributed by atoms with Gasteiger partial charge in [0.2, 0.25) is 0 Å². The maximum absolute atomic E-state index is 11.9. The minimum Gasteiger partial charge on any atom is -0.480 e. The summed E-state index contributed by atoms with van der Waals surface area (Å²) in [6, 6.07) is -0.883. The van der Waals surface area contributed by atoms with Gasteiger partial charge in [-0.25, -0.2) is 8.93 Å². The lowest BCUT2D eigenvalue weighted by molar-refractivity contribution is -0.137. The highest BCUT2D eigenvalue weighted by molar-refractivity contribution is 7.84. The molecular formula is C14H27NO3S. The molecule has 0 heterocycles. The second kappa shape index (κ2) is 9.26. The normalized spacial score (nSPS) is 15.6. The molecule has 0 spiro atoms. The van der Waals surface area contributed by atoms with Crippen molar-refractivity contribution >= 4 is 17.0 Å². The molecule has 112 valence electrons. The van der Waals surface area contributed by atoms with Crippen LogP contribution in [0.15, 0.2) is 12.2 Å². The Bertz CT molecular complexity index is 321. The molecule has 0 aromatic rings. The minimum absolute atomic E-state index is 0.470. The van der Waals surface area contributed by atoms with Crippen LogP contribution < -0.4 is 4.72 Å². The van der Waals surface area contributed by atoms with Crippen molar-refractivity contribution in [3.05, 3.63) is 12.2 Å². The molecule has 4 nitrogen and oxygen atoms in total. The summed E-state index contributed by atoms with van der Waals surface area (Å²) in [5, 5.41) is 9.08. The Morgan fingerprint density at radius 1 is 1.32 bits per heavy atom. The number of carboxylic acids is 1. The first-order valence-electron chi connectivity index (χ1n) is 6.86. The van der Waals surface area contributed by atoms with E-state index in [1.165, 1.54) is 19.3 Å². The number of rotatable bonds is 9. The van der Waals surface area contributed by atoms with Crippen molar-refractivity contribution in [2.24, 2.45) is 0 Å². The van der Waals surface area contributed by atoms with Crippen LogP contribution in [0.1, 0.15) is 59.8 Å². The number of aliphatic carboxylic acids is 1. The van der Waals surface area contributed by atoms with Crippen LogP contribution in [-0.4, -0.2) is 26.1 Å². The highest BCUT2D eigenvalue weighted by Gasteiger charge is 2.24. The molecule has 0 aromatic heterocycles. The number of allylic oxidation sites excluding steroid dienone is 1. The molecule has 0 aliphatic rings. The molecule has 0 amide bonds. The van der Waals surface area contributed by atoms with Gasteiger partial charge in [0.05, 0.1) is 15.7 Å². The van der Waals surface area contributed by atoms with Gasteiger partial charge in [0.15, 0.2) is 0 Å². The van der Waals surface area contributed by atoms with Crippen molar-refractivity contribution in [3.8, 4) is 0 Å². The van der Waals surface area contributed by atoms with E-state index in [0.29, 0.717) is 0 Å². The van der Waals surface area contributed by atoms with Crippen LogP contribution in [0, 0.1) is 0 Å². The van der Waals surface area contributed by atoms with Crippen LogP contribution in [0.2, 0.25) is 0 Å². The second-order valence-corrected chi connectivity index (χ2v) is 7.59. The molecule has 2 atom stereocenters. The third-order valence-corrected chi connectivity index (χ3v) is 4.19. The van der Waals surface area contributed by atoms with E-state index in [9.17, 15) is 9.00 Å². The summed E-state index contributed by atoms with van der Waals surface area (Å²) in [5.41, 5.74) is 0. The standard InChI is InChI=1S/C14H27NO3S/c1-5-6-7-8-9-10-11-12(13(16)17)15-19(18)14(2,3)4/h10-12,15H,5-9H2,1-4H3,(H,16,17)/b11-10+/t12-,19-/m1/s1. The molecule has 0 unspecified atom stereocenters. The van der Waals surface area contributed by atoms with Gasteiger partial charge >= 0.3 is 5.97 Å². The van der Waals surface area contributed by atoms with Crippen molar-refractivity contribution in [2.75, 3.05) is 0 Å². The van der Waals surface area contributed by atoms with E-state index >= 15 is 0 Å². The number of nitrogens with one attached hydrogen (secondary N) is 1. The smallest absolute Gasteiger partial charge is 0.325 e. The van der Waals surface area contributed by atoms with E-state index in [1.807, 2.05) is 26.8 Å². The first-order chi connectivity index (χ1) is 8.79. The molecule has 0 aliphatic carbocycles. The Labute approximate surface area is 119 Å². The van der Waals surface area contributed by atoms with Gasteiger partial charge in [-0.15, -0.1) is 0 Å². The zero-order valence-corrected chi connectivity index (χ0v) is 13.3. The molecule has 0 aliphatic heterocycles. The van der Waals surface area contributed by atoms with E-state index in [-0.39, 0.29) is 0 Å². The monoisotopic (exact) mass is 289 g/mol. The Kier molecular flexibility index (Phi) is 8.93. The largest absolute Gasteiger partial charge is 0.480 e. The lowest BCUT2D eigenvalue weighted by Gasteiger charge is -2.20. The molecule has 0 fully saturated rings. The molecule has 0 radical (unpaired) electrons. The van der Waals surface area contributed by atoms with E-state index in [1.54, 1.807) is 6.08 Å². The summed E-state index contributed by atoms with van der Waals surface area (Å²) in [4.78, 5) is 11.1. The van der Waals surface area contributed by atoms with Gasteiger partial charge in [-0.05, 0) is 33.6 Å². The van der Waals surface area contributed by atoms with Gasteiger partial charge in [-0.3, -0.25) is 4.79 Å². The van der Waals surface area contributed by atoms with Crippen LogP contribution in [0.3, 0.4) is 0 Å². The number of hydrogen-bond acceptors (Lipinski definition) is 2. The van der Waals surface area contributed by atoms with Gasteiger partial charge in [0, 0.05) is 0 Å². The first kappa shape index (κ1) is 18.3. The summed E-state index contributed by atoms with van der Waals surface area (Å²) in [6.45, 7) is 7.58. The number of carboxylic acid groups (broad SMARTS) is 1. The van der Waals surface area contributed by atoms with E-state index < -0.39 is 27.7 Å². The van der Waals surface area contributed by atoms with Crippen LogP contribution >= 0.6 is 0 Å². The summed E-state index contributed by atoms with van der Waals surface area (Å²) >= 11 is 0. The zero-order chi connectivity index (χ0) is 14.9. The molecule has 0 saturated carbocycles. The number of unbranched alkanes of at least 4 members (excludes halogenated alkanes) is 4. The van der Waals surface area contributed by atoms with Crippen LogP contribution in [0.4, 0.5) is 0 Å². The Balaban J connectivity index is 4.24. The average Bonchev–Trinajstić information content (AvgIpc) is 2.30. The van der Waals surface area contributed by atoms with Crippen molar-refractivity contribution in [1.82, 2.24) is 4.72 Å². The Morgan fingerprint density at radius 3 is 2.42 bits per heavy atom. The van der Waals surface area contributed by atoms with Crippen molar-refractivity contribution in [1.29, 1.82) is 0 Å². The van der Waals surface area contributed by atoms with Crippen molar-refractivity contribution in [3.63, 3.8) is 0 Å². The maximum Gasteiger partial charge on any atom is 0.325 e. The molecule has 19 heavy (non-hydrogen) atoms. The molecule has 0 rings (SSSR count). The third-order valence-electron chi connectivity index (χ3n) is 2.61. The predicted octanol–water partition coefficient (Wildman–Crippen LogP) is 3.02. The SMILES string of the molecule is CCCCCC/C=C/[C@@H](N[S@](=O)C(C)(C)C)C(=O)O. The lowest BCUT2D eigenvalue weighted by Crippen LogP contribution is -2.42. The highest BCUT2D eigenvalue weighted by Crippen LogP contribution is 2.10. The fourth-order valence-electron chi connectivity index (χ4n) is 1.39. The fourth-order valence-corrected chi connectivity index (χ4v) is 2.15. The maximum atomic E-state index is 11.9. The molecular weight excluding hydrogens is 262 g/mol. The van der Waals surface area contributed by atoms with Crippen LogP contribution in [0.25, 0.3) is 0 Å². The minimum atomic E-state index is -1.38. The zero-order valence-electron chi connectivity index (χ0n) is 12.4. The Hall–Kier alpha value is -0.680. The summed E-state index contributed by atoms with van der Waals surface area (Å²) < 4.78 is 14.0. The first-order valence-corrected chi connectivity index (χ1v) is 8.01. The number of carbonyl (C=O) groups is 1. The van der Waals surface area contributed by atoms with Gasteiger partial charge in [0.1, 0.15) is 6.04 Å². The molecule has 0 bridgehead atoms. The average molecular weight is 289 g/mol. The fraction of sp³-hybridized carbons (Fsp3) is 0.786. The summed E-state index contributed by atoms with van der Waals surface area (Å²) in [6.07, 6.45) is 8.96. The van der Waals surface area contributed by atoms with E-state index in [4.69, 9.17) is 5.11 Å². The molecule has 0 aromatic carbocycles. The van der Waals surface area contributed by atoms with Gasteiger partial charge in [-0.1, -0.05) is 38.3 Å². The van der Waals surface area contributed by atoms with Crippen LogP contribution in [-0.2, 0) is 15.8 Å². The third kappa shape index (κ3) is 8.94. The van der Waals surface area contributed by atoms with Gasteiger partial charge in [0.25, 0.3) is 0 Å². The van der Waals surface area contributed by atoms with Gasteiger partial charge in [-0.2, -0.15) is 0 Å². The highest BCUT2D eigenvalue weighted by atomic mass is 32.2. The predicted molar refractivity (Wildman–Crippen MR) is 80.4 cm³/mol. The number of hydrogen-bond donors (Lipinski definition) is 2. The molecule has 0 saturated heterocycles. The van der Waals surface area contributed by atoms with E-state index in [2.05, 4.69) is 11.6 Å². The van der Waals surface area contributed by atoms with Crippen LogP contribution in [0.5, 0.6) is 0 Å². The van der Waals surface area contributed by atoms with Gasteiger partial charge < -0.3 is 5.11 Å². The topological polar surface area (TPSA) is 66.4 Å². The van der Waals surface area contributed by atoms with Crippen molar-refractivity contribution < 1.29 is 14.1 Å². The Morgan fingerprint density at radius 2 is 1.95 bits per heavy atom. The lowest BCUT2D eigenvalue weighted by atomic mass is 10.1. The van der Waals surface area contributed by atoms with E-state index in [0.717, 1.165) is 12.8 Å². The quantitative estimate of drug-likeness (QED) is 0.506. The molecule has 5 heteroatoms. The second-order valence-electron chi connectivity index (χ2n) is 5.59. The summed E-state index contributed by atoms with van der Waals surface area (Å²) in [5.74, 6) is -0.998. The molecule has 2 N–H and O–H groups in total. The van der Waals surface area contributed by atoms with Crippen molar-refractivity contribution in [2.45, 2.75) is 70.6 Å².